The van der Waals surface area contributed by atoms with E-state index in [-0.39, 0.29) is 24.4 Å². The van der Waals surface area contributed by atoms with E-state index in [0.717, 1.165) is 19.4 Å². The molecule has 0 saturated carbocycles. The molecule has 0 unspecified atom stereocenters. The molecule has 120 valence electrons. The van der Waals surface area contributed by atoms with E-state index < -0.39 is 17.9 Å². The summed E-state index contributed by atoms with van der Waals surface area (Å²) in [5, 5.41) is 16.6. The molecule has 5 N–H and O–H groups in total. The van der Waals surface area contributed by atoms with E-state index in [1.165, 1.54) is 5.48 Å². The molecule has 8 nitrogen and oxygen atoms in total. The summed E-state index contributed by atoms with van der Waals surface area (Å²) in [6.45, 7) is 4.36. The van der Waals surface area contributed by atoms with Crippen molar-refractivity contribution in [3.63, 3.8) is 0 Å². The maximum absolute atomic E-state index is 12.1. The van der Waals surface area contributed by atoms with Gasteiger partial charge >= 0.3 is 0 Å². The van der Waals surface area contributed by atoms with Gasteiger partial charge in [-0.15, -0.1) is 0 Å². The molecule has 3 amide bonds. The van der Waals surface area contributed by atoms with E-state index in [1.807, 2.05) is 13.8 Å². The average molecular weight is 300 g/mol. The third-order valence-corrected chi connectivity index (χ3v) is 3.26. The normalized spacial score (nSPS) is 19.1. The van der Waals surface area contributed by atoms with Gasteiger partial charge in [-0.2, -0.15) is 0 Å². The molecule has 1 aliphatic rings. The van der Waals surface area contributed by atoms with Crippen molar-refractivity contribution in [2.75, 3.05) is 13.1 Å². The summed E-state index contributed by atoms with van der Waals surface area (Å²) in [4.78, 5) is 35.0. The van der Waals surface area contributed by atoms with Gasteiger partial charge in [-0.05, 0) is 31.7 Å². The maximum Gasteiger partial charge on any atom is 0.262 e. The number of nitrogens with one attached hydrogen (secondary N) is 4. The summed E-state index contributed by atoms with van der Waals surface area (Å²) >= 11 is 0. The average Bonchev–Trinajstić information content (AvgIpc) is 2.97. The number of hydrogen-bond donors (Lipinski definition) is 5. The molecule has 1 fully saturated rings. The SMILES string of the molecule is CC(C)C[C@@H](NC(=O)[C@@H]1CCCN1)C(=O)NCC(=O)NO. The van der Waals surface area contributed by atoms with E-state index in [2.05, 4.69) is 16.0 Å². The predicted octanol–water partition coefficient (Wildman–Crippen LogP) is -1.11. The van der Waals surface area contributed by atoms with Crippen molar-refractivity contribution in [3.8, 4) is 0 Å². The van der Waals surface area contributed by atoms with E-state index in [1.54, 1.807) is 0 Å². The van der Waals surface area contributed by atoms with Gasteiger partial charge in [0.05, 0.1) is 12.6 Å². The first-order valence-electron chi connectivity index (χ1n) is 7.18. The minimum Gasteiger partial charge on any atom is -0.345 e. The molecule has 0 aliphatic carbocycles. The van der Waals surface area contributed by atoms with Crippen LogP contribution in [0, 0.1) is 5.92 Å². The summed E-state index contributed by atoms with van der Waals surface area (Å²) < 4.78 is 0. The molecule has 1 rings (SSSR count). The van der Waals surface area contributed by atoms with Gasteiger partial charge < -0.3 is 16.0 Å². The number of carbonyl (C=O) groups excluding carboxylic acids is 3. The van der Waals surface area contributed by atoms with Crippen LogP contribution in [0.2, 0.25) is 0 Å². The molecule has 0 radical (unpaired) electrons. The third-order valence-electron chi connectivity index (χ3n) is 3.26. The quantitative estimate of drug-likeness (QED) is 0.302. The molecule has 2 atom stereocenters. The van der Waals surface area contributed by atoms with Crippen LogP contribution in [0.1, 0.15) is 33.1 Å². The summed E-state index contributed by atoms with van der Waals surface area (Å²) in [6, 6.07) is -0.945. The molecule has 21 heavy (non-hydrogen) atoms. The van der Waals surface area contributed by atoms with Crippen molar-refractivity contribution < 1.29 is 19.6 Å². The molecule has 0 aromatic carbocycles. The number of carbonyl (C=O) groups is 3. The van der Waals surface area contributed by atoms with Crippen LogP contribution in [0.4, 0.5) is 0 Å². The zero-order valence-electron chi connectivity index (χ0n) is 12.4. The second-order valence-corrected chi connectivity index (χ2v) is 5.59. The fraction of sp³-hybridized carbons (Fsp3) is 0.769. The standard InChI is InChI=1S/C13H24N4O4/c1-8(2)6-10(12(19)15-7-11(18)17-21)16-13(20)9-4-3-5-14-9/h8-10,14,21H,3-7H2,1-2H3,(H,15,19)(H,16,20)(H,17,18)/t9-,10+/m0/s1. The van der Waals surface area contributed by atoms with Gasteiger partial charge in [-0.1, -0.05) is 13.8 Å². The van der Waals surface area contributed by atoms with Gasteiger partial charge in [0, 0.05) is 0 Å². The molecular weight excluding hydrogens is 276 g/mol. The Morgan fingerprint density at radius 2 is 2.05 bits per heavy atom. The highest BCUT2D eigenvalue weighted by Gasteiger charge is 2.27. The Labute approximate surface area is 124 Å². The molecule has 1 heterocycles. The van der Waals surface area contributed by atoms with Gasteiger partial charge in [0.25, 0.3) is 5.91 Å². The molecule has 0 aromatic rings. The Bertz CT molecular complexity index is 380. The van der Waals surface area contributed by atoms with Crippen molar-refractivity contribution in [1.29, 1.82) is 0 Å². The lowest BCUT2D eigenvalue weighted by Crippen LogP contribution is -2.52. The minimum atomic E-state index is -0.713. The van der Waals surface area contributed by atoms with Crippen LogP contribution >= 0.6 is 0 Å². The monoisotopic (exact) mass is 300 g/mol. The van der Waals surface area contributed by atoms with Gasteiger partial charge in [0.1, 0.15) is 6.04 Å². The fourth-order valence-corrected chi connectivity index (χ4v) is 2.21. The lowest BCUT2D eigenvalue weighted by atomic mass is 10.0. The molecule has 8 heteroatoms. The van der Waals surface area contributed by atoms with Crippen molar-refractivity contribution in [3.05, 3.63) is 0 Å². The summed E-state index contributed by atoms with van der Waals surface area (Å²) in [7, 11) is 0. The van der Waals surface area contributed by atoms with Crippen molar-refractivity contribution >= 4 is 17.7 Å². The molecule has 0 spiro atoms. The van der Waals surface area contributed by atoms with Crippen LogP contribution in [0.3, 0.4) is 0 Å². The molecule has 1 aliphatic heterocycles. The Balaban J connectivity index is 2.55. The number of hydrogen-bond acceptors (Lipinski definition) is 5. The second-order valence-electron chi connectivity index (χ2n) is 5.59. The van der Waals surface area contributed by atoms with E-state index in [4.69, 9.17) is 5.21 Å². The predicted molar refractivity (Wildman–Crippen MR) is 75.3 cm³/mol. The fourth-order valence-electron chi connectivity index (χ4n) is 2.21. The third kappa shape index (κ3) is 6.09. The Hall–Kier alpha value is -1.67. The highest BCUT2D eigenvalue weighted by atomic mass is 16.5. The van der Waals surface area contributed by atoms with E-state index in [0.29, 0.717) is 6.42 Å². The van der Waals surface area contributed by atoms with Gasteiger partial charge in [0.15, 0.2) is 0 Å². The number of hydroxylamine groups is 1. The first-order valence-corrected chi connectivity index (χ1v) is 7.18. The van der Waals surface area contributed by atoms with Crippen molar-refractivity contribution in [2.24, 2.45) is 5.92 Å². The molecule has 0 aromatic heterocycles. The molecular formula is C13H24N4O4. The Kier molecular flexibility index (Phi) is 7.10. The highest BCUT2D eigenvalue weighted by Crippen LogP contribution is 2.08. The zero-order chi connectivity index (χ0) is 15.8. The van der Waals surface area contributed by atoms with Crippen LogP contribution in [0.5, 0.6) is 0 Å². The topological polar surface area (TPSA) is 120 Å². The molecule has 0 bridgehead atoms. The van der Waals surface area contributed by atoms with Crippen LogP contribution < -0.4 is 21.4 Å². The van der Waals surface area contributed by atoms with Gasteiger partial charge in [0.2, 0.25) is 11.8 Å². The number of rotatable bonds is 7. The van der Waals surface area contributed by atoms with Crippen molar-refractivity contribution in [2.45, 2.75) is 45.2 Å². The lowest BCUT2D eigenvalue weighted by Gasteiger charge is -2.21. The number of amides is 3. The summed E-state index contributed by atoms with van der Waals surface area (Å²) in [5.41, 5.74) is 1.43. The van der Waals surface area contributed by atoms with Gasteiger partial charge in [-0.25, -0.2) is 5.48 Å². The van der Waals surface area contributed by atoms with Crippen LogP contribution in [-0.4, -0.2) is 48.1 Å². The Morgan fingerprint density at radius 3 is 2.57 bits per heavy atom. The smallest absolute Gasteiger partial charge is 0.262 e. The van der Waals surface area contributed by atoms with E-state index >= 15 is 0 Å². The summed E-state index contributed by atoms with van der Waals surface area (Å²) in [5.74, 6) is -1.13. The van der Waals surface area contributed by atoms with Crippen LogP contribution in [-0.2, 0) is 14.4 Å². The van der Waals surface area contributed by atoms with Crippen LogP contribution in [0.25, 0.3) is 0 Å². The second kappa shape index (κ2) is 8.58. The van der Waals surface area contributed by atoms with E-state index in [9.17, 15) is 14.4 Å². The maximum atomic E-state index is 12.1. The zero-order valence-corrected chi connectivity index (χ0v) is 12.4. The summed E-state index contributed by atoms with van der Waals surface area (Å²) in [6.07, 6.45) is 2.18. The highest BCUT2D eigenvalue weighted by molar-refractivity contribution is 5.91. The van der Waals surface area contributed by atoms with Crippen LogP contribution in [0.15, 0.2) is 0 Å². The first kappa shape index (κ1) is 17.4. The molecule has 1 saturated heterocycles. The minimum absolute atomic E-state index is 0.195. The van der Waals surface area contributed by atoms with Gasteiger partial charge in [-0.3, -0.25) is 19.6 Å². The first-order chi connectivity index (χ1) is 9.93. The largest absolute Gasteiger partial charge is 0.345 e. The Morgan fingerprint density at radius 1 is 1.33 bits per heavy atom. The lowest BCUT2D eigenvalue weighted by molar-refractivity contribution is -0.133. The van der Waals surface area contributed by atoms with Crippen molar-refractivity contribution in [1.82, 2.24) is 21.4 Å².